The Morgan fingerprint density at radius 1 is 1.03 bits per heavy atom. The van der Waals surface area contributed by atoms with E-state index < -0.39 is 5.56 Å². The van der Waals surface area contributed by atoms with Crippen molar-refractivity contribution >= 4 is 12.0 Å². The van der Waals surface area contributed by atoms with Crippen LogP contribution in [0.1, 0.15) is 22.8 Å². The maximum atomic E-state index is 13.2. The van der Waals surface area contributed by atoms with Crippen LogP contribution in [0.25, 0.3) is 5.69 Å². The molecule has 0 bridgehead atoms. The molecule has 158 valence electrons. The van der Waals surface area contributed by atoms with E-state index in [4.69, 9.17) is 14.2 Å². The monoisotopic (exact) mass is 413 g/mol. The number of nitrogens with zero attached hydrogens (tertiary/aromatic N) is 3. The van der Waals surface area contributed by atoms with Crippen molar-refractivity contribution < 1.29 is 23.8 Å². The Kier molecular flexibility index (Phi) is 5.35. The molecular weight excluding hydrogens is 390 g/mol. The van der Waals surface area contributed by atoms with Crippen LogP contribution in [0.4, 0.5) is 4.79 Å². The molecule has 9 heteroatoms. The Bertz CT molecular complexity index is 1040. The predicted octanol–water partition coefficient (Wildman–Crippen LogP) is 1.79. The number of rotatable bonds is 3. The second-order valence-electron chi connectivity index (χ2n) is 7.06. The van der Waals surface area contributed by atoms with Gasteiger partial charge in [0.25, 0.3) is 11.5 Å². The number of carbonyl (C=O) groups excluding carboxylic acids is 2. The minimum atomic E-state index is -0.397. The summed E-state index contributed by atoms with van der Waals surface area (Å²) in [6.45, 7) is 5.36. The fourth-order valence-corrected chi connectivity index (χ4v) is 3.59. The summed E-state index contributed by atoms with van der Waals surface area (Å²) in [5.41, 5.74) is 0.923. The van der Waals surface area contributed by atoms with E-state index in [1.165, 1.54) is 4.57 Å². The van der Waals surface area contributed by atoms with Crippen molar-refractivity contribution in [2.75, 3.05) is 39.6 Å². The number of carbonyl (C=O) groups is 2. The maximum Gasteiger partial charge on any atom is 0.409 e. The minimum Gasteiger partial charge on any atom is -0.454 e. The van der Waals surface area contributed by atoms with Gasteiger partial charge in [-0.1, -0.05) is 0 Å². The van der Waals surface area contributed by atoms with Crippen LogP contribution in [0, 0.1) is 6.92 Å². The number of hydrogen-bond donors (Lipinski definition) is 0. The number of ether oxygens (including phenoxy) is 3. The Balaban J connectivity index is 1.58. The largest absolute Gasteiger partial charge is 0.454 e. The van der Waals surface area contributed by atoms with Crippen LogP contribution in [0.5, 0.6) is 11.5 Å². The molecule has 0 saturated carbocycles. The van der Waals surface area contributed by atoms with Gasteiger partial charge in [0, 0.05) is 38.4 Å². The van der Waals surface area contributed by atoms with Crippen LogP contribution in [0.15, 0.2) is 35.3 Å². The molecule has 9 nitrogen and oxygen atoms in total. The third-order valence-corrected chi connectivity index (χ3v) is 5.24. The molecule has 1 fully saturated rings. The molecule has 0 spiro atoms. The topological polar surface area (TPSA) is 90.3 Å². The molecule has 2 aliphatic heterocycles. The summed E-state index contributed by atoms with van der Waals surface area (Å²) in [5.74, 6) is 0.841. The third-order valence-electron chi connectivity index (χ3n) is 5.24. The van der Waals surface area contributed by atoms with Gasteiger partial charge in [-0.25, -0.2) is 4.79 Å². The highest BCUT2D eigenvalue weighted by Gasteiger charge is 2.28. The molecule has 1 aromatic carbocycles. The molecule has 0 unspecified atom stereocenters. The van der Waals surface area contributed by atoms with Crippen molar-refractivity contribution in [2.45, 2.75) is 13.8 Å². The van der Waals surface area contributed by atoms with Gasteiger partial charge in [0.15, 0.2) is 11.5 Å². The Morgan fingerprint density at radius 3 is 2.47 bits per heavy atom. The van der Waals surface area contributed by atoms with Crippen molar-refractivity contribution in [1.82, 2.24) is 14.4 Å². The highest BCUT2D eigenvalue weighted by Crippen LogP contribution is 2.33. The zero-order valence-electron chi connectivity index (χ0n) is 16.9. The lowest BCUT2D eigenvalue weighted by molar-refractivity contribution is 0.0568. The van der Waals surface area contributed by atoms with Gasteiger partial charge >= 0.3 is 6.09 Å². The Labute approximate surface area is 173 Å². The summed E-state index contributed by atoms with van der Waals surface area (Å²) >= 11 is 0. The average Bonchev–Trinajstić information content (AvgIpc) is 3.22. The SMILES string of the molecule is CCOC(=O)N1CCN(C(=O)c2c(C)ccn(-c3ccc4c(c3)OCO4)c2=O)CC1. The molecule has 1 saturated heterocycles. The van der Waals surface area contributed by atoms with Crippen LogP contribution in [0.3, 0.4) is 0 Å². The second-order valence-corrected chi connectivity index (χ2v) is 7.06. The van der Waals surface area contributed by atoms with E-state index in [9.17, 15) is 14.4 Å². The Hall–Kier alpha value is -3.49. The maximum absolute atomic E-state index is 13.2. The molecule has 2 amide bonds. The molecule has 2 aliphatic rings. The number of hydrogen-bond acceptors (Lipinski definition) is 6. The molecule has 3 heterocycles. The van der Waals surface area contributed by atoms with E-state index in [2.05, 4.69) is 0 Å². The first-order chi connectivity index (χ1) is 14.5. The lowest BCUT2D eigenvalue weighted by atomic mass is 10.1. The van der Waals surface area contributed by atoms with Gasteiger partial charge in [0.2, 0.25) is 6.79 Å². The quantitative estimate of drug-likeness (QED) is 0.762. The molecule has 0 radical (unpaired) electrons. The zero-order valence-corrected chi connectivity index (χ0v) is 16.9. The van der Waals surface area contributed by atoms with E-state index in [0.29, 0.717) is 55.5 Å². The number of fused-ring (bicyclic) bond motifs is 1. The Morgan fingerprint density at radius 2 is 1.73 bits per heavy atom. The van der Waals surface area contributed by atoms with Gasteiger partial charge in [-0.05, 0) is 37.6 Å². The first-order valence-corrected chi connectivity index (χ1v) is 9.83. The van der Waals surface area contributed by atoms with Gasteiger partial charge in [0.05, 0.1) is 12.3 Å². The van der Waals surface area contributed by atoms with Crippen LogP contribution >= 0.6 is 0 Å². The van der Waals surface area contributed by atoms with E-state index in [-0.39, 0.29) is 24.4 Å². The molecule has 1 aromatic heterocycles. The second kappa shape index (κ2) is 8.10. The van der Waals surface area contributed by atoms with Crippen molar-refractivity contribution in [3.8, 4) is 17.2 Å². The molecular formula is C21H23N3O6. The molecule has 0 N–H and O–H groups in total. The molecule has 0 atom stereocenters. The normalized spacial score (nSPS) is 15.3. The molecule has 30 heavy (non-hydrogen) atoms. The van der Waals surface area contributed by atoms with Crippen LogP contribution in [-0.4, -0.2) is 65.9 Å². The number of aromatic nitrogens is 1. The van der Waals surface area contributed by atoms with E-state index in [1.54, 1.807) is 54.1 Å². The van der Waals surface area contributed by atoms with Crippen molar-refractivity contribution in [3.63, 3.8) is 0 Å². The molecule has 0 aliphatic carbocycles. The average molecular weight is 413 g/mol. The van der Waals surface area contributed by atoms with Crippen molar-refractivity contribution in [1.29, 1.82) is 0 Å². The van der Waals surface area contributed by atoms with Gasteiger partial charge in [-0.2, -0.15) is 0 Å². The first kappa shape index (κ1) is 19.8. The highest BCUT2D eigenvalue weighted by atomic mass is 16.7. The predicted molar refractivity (Wildman–Crippen MR) is 107 cm³/mol. The van der Waals surface area contributed by atoms with Gasteiger partial charge in [0.1, 0.15) is 5.56 Å². The zero-order chi connectivity index (χ0) is 21.3. The summed E-state index contributed by atoms with van der Waals surface area (Å²) in [7, 11) is 0. The standard InChI is InChI=1S/C21H23N3O6/c1-3-28-21(27)23-10-8-22(9-11-23)19(25)18-14(2)6-7-24(20(18)26)15-4-5-16-17(12-15)30-13-29-16/h4-7,12H,3,8-11,13H2,1-2H3. The molecule has 4 rings (SSSR count). The fourth-order valence-electron chi connectivity index (χ4n) is 3.59. The number of amides is 2. The lowest BCUT2D eigenvalue weighted by Gasteiger charge is -2.34. The third kappa shape index (κ3) is 3.58. The van der Waals surface area contributed by atoms with E-state index >= 15 is 0 Å². The number of benzene rings is 1. The summed E-state index contributed by atoms with van der Waals surface area (Å²) in [6, 6.07) is 6.94. The number of pyridine rings is 1. The van der Waals surface area contributed by atoms with Crippen LogP contribution < -0.4 is 15.0 Å². The van der Waals surface area contributed by atoms with Crippen molar-refractivity contribution in [2.24, 2.45) is 0 Å². The number of piperazine rings is 1. The highest BCUT2D eigenvalue weighted by molar-refractivity contribution is 5.95. The van der Waals surface area contributed by atoms with Crippen molar-refractivity contribution in [3.05, 3.63) is 51.9 Å². The minimum absolute atomic E-state index is 0.125. The fraction of sp³-hybridized carbons (Fsp3) is 0.381. The number of aryl methyl sites for hydroxylation is 1. The lowest BCUT2D eigenvalue weighted by Crippen LogP contribution is -2.51. The summed E-state index contributed by atoms with van der Waals surface area (Å²) in [6.07, 6.45) is 1.26. The first-order valence-electron chi connectivity index (χ1n) is 9.83. The van der Waals surface area contributed by atoms with Crippen LogP contribution in [0.2, 0.25) is 0 Å². The smallest absolute Gasteiger partial charge is 0.409 e. The van der Waals surface area contributed by atoms with E-state index in [0.717, 1.165) is 0 Å². The molecule has 2 aromatic rings. The summed E-state index contributed by atoms with van der Waals surface area (Å²) in [4.78, 5) is 41.4. The summed E-state index contributed by atoms with van der Waals surface area (Å²) in [5, 5.41) is 0. The van der Waals surface area contributed by atoms with Crippen LogP contribution in [-0.2, 0) is 4.74 Å². The van der Waals surface area contributed by atoms with Gasteiger partial charge in [-0.3, -0.25) is 14.2 Å². The summed E-state index contributed by atoms with van der Waals surface area (Å²) < 4.78 is 17.1. The van der Waals surface area contributed by atoms with Gasteiger partial charge in [-0.15, -0.1) is 0 Å². The van der Waals surface area contributed by atoms with E-state index in [1.807, 2.05) is 0 Å². The van der Waals surface area contributed by atoms with Gasteiger partial charge < -0.3 is 24.0 Å².